The van der Waals surface area contributed by atoms with E-state index in [0.717, 1.165) is 5.69 Å². The van der Waals surface area contributed by atoms with Crippen LogP contribution in [-0.4, -0.2) is 40.6 Å². The van der Waals surface area contributed by atoms with E-state index >= 15 is 0 Å². The third-order valence-electron chi connectivity index (χ3n) is 4.46. The van der Waals surface area contributed by atoms with Gasteiger partial charge in [-0.05, 0) is 48.5 Å². The first-order valence-corrected chi connectivity index (χ1v) is 10.9. The predicted octanol–water partition coefficient (Wildman–Crippen LogP) is 4.93. The molecular formula is C22H19ClN4O4S. The normalized spacial score (nSPS) is 10.7. The summed E-state index contributed by atoms with van der Waals surface area (Å²) in [4.78, 5) is 12.6. The molecule has 1 N–H and O–H groups in total. The molecule has 8 nitrogen and oxygen atoms in total. The topological polar surface area (TPSA) is 91.4 Å². The molecule has 2 aromatic carbocycles. The van der Waals surface area contributed by atoms with E-state index in [-0.39, 0.29) is 11.7 Å². The summed E-state index contributed by atoms with van der Waals surface area (Å²) in [6.07, 6.45) is 1.57. The summed E-state index contributed by atoms with van der Waals surface area (Å²) in [5.74, 6) is 2.13. The minimum Gasteiger partial charge on any atom is -0.493 e. The number of ether oxygens (including phenoxy) is 2. The summed E-state index contributed by atoms with van der Waals surface area (Å²) in [7, 11) is 3.10. The van der Waals surface area contributed by atoms with Gasteiger partial charge >= 0.3 is 0 Å². The average Bonchev–Trinajstić information content (AvgIpc) is 3.48. The van der Waals surface area contributed by atoms with Crippen molar-refractivity contribution in [1.29, 1.82) is 0 Å². The number of nitrogens with zero attached hydrogens (tertiary/aromatic N) is 3. The number of hydrogen-bond donors (Lipinski definition) is 1. The van der Waals surface area contributed by atoms with Crippen molar-refractivity contribution in [2.45, 2.75) is 5.16 Å². The van der Waals surface area contributed by atoms with Gasteiger partial charge in [0.1, 0.15) is 0 Å². The molecule has 0 aliphatic rings. The van der Waals surface area contributed by atoms with E-state index in [1.807, 2.05) is 16.7 Å². The second-order valence-corrected chi connectivity index (χ2v) is 7.88. The molecule has 2 aromatic heterocycles. The number of carbonyl (C=O) groups excluding carboxylic acids is 1. The van der Waals surface area contributed by atoms with Gasteiger partial charge in [-0.25, -0.2) is 0 Å². The van der Waals surface area contributed by atoms with E-state index in [0.29, 0.717) is 39.0 Å². The Morgan fingerprint density at radius 1 is 1.09 bits per heavy atom. The van der Waals surface area contributed by atoms with Crippen LogP contribution in [0.3, 0.4) is 0 Å². The second kappa shape index (κ2) is 9.80. The highest BCUT2D eigenvalue weighted by Crippen LogP contribution is 2.31. The Labute approximate surface area is 193 Å². The molecule has 164 valence electrons. The number of carbonyl (C=O) groups is 1. The molecule has 10 heteroatoms. The lowest BCUT2D eigenvalue weighted by molar-refractivity contribution is -0.113. The van der Waals surface area contributed by atoms with Crippen LogP contribution in [0.25, 0.3) is 17.3 Å². The molecule has 0 atom stereocenters. The van der Waals surface area contributed by atoms with Crippen molar-refractivity contribution in [2.24, 2.45) is 0 Å². The Morgan fingerprint density at radius 2 is 1.88 bits per heavy atom. The SMILES string of the molecule is COc1ccc(NC(=O)CSc2nnc(-c3ccco3)n2-c2ccc(Cl)cc2)cc1OC. The monoisotopic (exact) mass is 470 g/mol. The number of hydrogen-bond acceptors (Lipinski definition) is 7. The van der Waals surface area contributed by atoms with Crippen molar-refractivity contribution in [1.82, 2.24) is 14.8 Å². The highest BCUT2D eigenvalue weighted by atomic mass is 35.5. The van der Waals surface area contributed by atoms with Crippen LogP contribution < -0.4 is 14.8 Å². The summed E-state index contributed by atoms with van der Waals surface area (Å²) in [5.41, 5.74) is 1.40. The third kappa shape index (κ3) is 4.74. The van der Waals surface area contributed by atoms with Crippen LogP contribution in [-0.2, 0) is 4.79 Å². The van der Waals surface area contributed by atoms with E-state index in [1.165, 1.54) is 11.8 Å². The number of thioether (sulfide) groups is 1. The van der Waals surface area contributed by atoms with Crippen LogP contribution in [0, 0.1) is 0 Å². The van der Waals surface area contributed by atoms with Crippen molar-refractivity contribution in [3.8, 4) is 28.8 Å². The smallest absolute Gasteiger partial charge is 0.234 e. The molecule has 0 radical (unpaired) electrons. The quantitative estimate of drug-likeness (QED) is 0.365. The lowest BCUT2D eigenvalue weighted by atomic mass is 10.2. The summed E-state index contributed by atoms with van der Waals surface area (Å²) < 4.78 is 17.8. The van der Waals surface area contributed by atoms with Gasteiger partial charge in [0.15, 0.2) is 22.4 Å². The molecular weight excluding hydrogens is 452 g/mol. The van der Waals surface area contributed by atoms with E-state index in [1.54, 1.807) is 62.9 Å². The number of amides is 1. The van der Waals surface area contributed by atoms with Crippen LogP contribution in [0.2, 0.25) is 5.02 Å². The molecule has 0 fully saturated rings. The molecule has 0 saturated carbocycles. The van der Waals surface area contributed by atoms with Crippen LogP contribution in [0.1, 0.15) is 0 Å². The minimum absolute atomic E-state index is 0.123. The molecule has 4 aromatic rings. The minimum atomic E-state index is -0.201. The maximum Gasteiger partial charge on any atom is 0.234 e. The number of aromatic nitrogens is 3. The predicted molar refractivity (Wildman–Crippen MR) is 123 cm³/mol. The van der Waals surface area contributed by atoms with Gasteiger partial charge in [-0.15, -0.1) is 10.2 Å². The van der Waals surface area contributed by atoms with Gasteiger partial charge in [0.25, 0.3) is 0 Å². The summed E-state index contributed by atoms with van der Waals surface area (Å²) >= 11 is 7.29. The number of furan rings is 1. The Bertz CT molecular complexity index is 1210. The molecule has 2 heterocycles. The maximum atomic E-state index is 12.6. The Hall–Kier alpha value is -3.43. The number of halogens is 1. The van der Waals surface area contributed by atoms with Crippen molar-refractivity contribution >= 4 is 35.0 Å². The number of rotatable bonds is 8. The maximum absolute atomic E-state index is 12.6. The molecule has 0 bridgehead atoms. The number of methoxy groups -OCH3 is 2. The number of anilines is 1. The summed E-state index contributed by atoms with van der Waals surface area (Å²) in [6, 6.07) is 16.0. The Kier molecular flexibility index (Phi) is 6.67. The molecule has 0 aliphatic carbocycles. The fourth-order valence-corrected chi connectivity index (χ4v) is 3.87. The average molecular weight is 471 g/mol. The standard InChI is InChI=1S/C22H19ClN4O4S/c1-29-17-10-7-15(12-19(17)30-2)24-20(28)13-32-22-26-25-21(18-4-3-11-31-18)27(22)16-8-5-14(23)6-9-16/h3-12H,13H2,1-2H3,(H,24,28). The highest BCUT2D eigenvalue weighted by molar-refractivity contribution is 7.99. The molecule has 32 heavy (non-hydrogen) atoms. The fourth-order valence-electron chi connectivity index (χ4n) is 2.99. The zero-order chi connectivity index (χ0) is 22.5. The number of nitrogens with one attached hydrogen (secondary N) is 1. The van der Waals surface area contributed by atoms with Crippen molar-refractivity contribution in [3.63, 3.8) is 0 Å². The molecule has 0 unspecified atom stereocenters. The molecule has 0 saturated heterocycles. The van der Waals surface area contributed by atoms with E-state index in [2.05, 4.69) is 15.5 Å². The highest BCUT2D eigenvalue weighted by Gasteiger charge is 2.19. The van der Waals surface area contributed by atoms with Gasteiger partial charge in [0.05, 0.1) is 26.2 Å². The van der Waals surface area contributed by atoms with E-state index < -0.39 is 0 Å². The largest absolute Gasteiger partial charge is 0.493 e. The van der Waals surface area contributed by atoms with Gasteiger partial charge in [-0.3, -0.25) is 9.36 Å². The number of benzene rings is 2. The lowest BCUT2D eigenvalue weighted by Crippen LogP contribution is -2.14. The van der Waals surface area contributed by atoms with Crippen molar-refractivity contribution in [3.05, 3.63) is 65.9 Å². The third-order valence-corrected chi connectivity index (χ3v) is 5.64. The van der Waals surface area contributed by atoms with E-state index in [4.69, 9.17) is 25.5 Å². The Morgan fingerprint density at radius 3 is 2.56 bits per heavy atom. The molecule has 0 aliphatic heterocycles. The van der Waals surface area contributed by atoms with Crippen LogP contribution in [0.4, 0.5) is 5.69 Å². The van der Waals surface area contributed by atoms with Gasteiger partial charge in [0, 0.05) is 22.5 Å². The first-order chi connectivity index (χ1) is 15.6. The molecule has 4 rings (SSSR count). The zero-order valence-electron chi connectivity index (χ0n) is 17.2. The Balaban J connectivity index is 1.53. The van der Waals surface area contributed by atoms with Crippen molar-refractivity contribution in [2.75, 3.05) is 25.3 Å². The second-order valence-electron chi connectivity index (χ2n) is 6.50. The fraction of sp³-hybridized carbons (Fsp3) is 0.136. The van der Waals surface area contributed by atoms with Gasteiger partial charge in [0.2, 0.25) is 11.7 Å². The molecule has 0 spiro atoms. The zero-order valence-corrected chi connectivity index (χ0v) is 18.8. The van der Waals surface area contributed by atoms with Crippen LogP contribution in [0.15, 0.2) is 70.4 Å². The van der Waals surface area contributed by atoms with E-state index in [9.17, 15) is 4.79 Å². The van der Waals surface area contributed by atoms with Crippen LogP contribution in [0.5, 0.6) is 11.5 Å². The van der Waals surface area contributed by atoms with Gasteiger partial charge in [-0.1, -0.05) is 23.4 Å². The first-order valence-electron chi connectivity index (χ1n) is 9.49. The van der Waals surface area contributed by atoms with Crippen molar-refractivity contribution < 1.29 is 18.7 Å². The van der Waals surface area contributed by atoms with Gasteiger partial charge < -0.3 is 19.2 Å². The molecule has 1 amide bonds. The van der Waals surface area contributed by atoms with Crippen LogP contribution >= 0.6 is 23.4 Å². The summed E-state index contributed by atoms with van der Waals surface area (Å²) in [5, 5.41) is 12.5. The van der Waals surface area contributed by atoms with Gasteiger partial charge in [-0.2, -0.15) is 0 Å². The first kappa shape index (κ1) is 21.8. The summed E-state index contributed by atoms with van der Waals surface area (Å²) in [6.45, 7) is 0. The lowest BCUT2D eigenvalue weighted by Gasteiger charge is -2.11.